The molecule has 4 heteroatoms. The molecule has 4 rings (SSSR count). The molecule has 2 aromatic carbocycles. The van der Waals surface area contributed by atoms with Gasteiger partial charge in [-0.2, -0.15) is 0 Å². The maximum Gasteiger partial charge on any atom is 0.119 e. The van der Waals surface area contributed by atoms with Crippen LogP contribution in [0.1, 0.15) is 61.2 Å². The van der Waals surface area contributed by atoms with Crippen molar-refractivity contribution in [1.82, 2.24) is 0 Å². The summed E-state index contributed by atoms with van der Waals surface area (Å²) in [7, 11) is 0. The highest BCUT2D eigenvalue weighted by molar-refractivity contribution is 6.33. The molecule has 0 aliphatic heterocycles. The van der Waals surface area contributed by atoms with Gasteiger partial charge in [-0.25, -0.2) is 0 Å². The molecule has 0 spiro atoms. The Morgan fingerprint density at radius 2 is 1.18 bits per heavy atom. The fourth-order valence-corrected chi connectivity index (χ4v) is 4.58. The van der Waals surface area contributed by atoms with E-state index < -0.39 is 0 Å². The number of hydrogen-bond donors (Lipinski definition) is 0. The first kappa shape index (κ1) is 19.7. The Morgan fingerprint density at radius 3 is 1.64 bits per heavy atom. The molecule has 28 heavy (non-hydrogen) atoms. The van der Waals surface area contributed by atoms with Crippen LogP contribution in [0, 0.1) is 0 Å². The van der Waals surface area contributed by atoms with Gasteiger partial charge in [0.1, 0.15) is 12.2 Å². The van der Waals surface area contributed by atoms with Gasteiger partial charge in [0.05, 0.1) is 10.1 Å². The minimum absolute atomic E-state index is 0.291. The van der Waals surface area contributed by atoms with Crippen LogP contribution in [0.5, 0.6) is 0 Å². The summed E-state index contributed by atoms with van der Waals surface area (Å²) in [5, 5.41) is 1.40. The van der Waals surface area contributed by atoms with E-state index in [2.05, 4.69) is 38.1 Å². The number of rotatable bonds is 6. The summed E-state index contributed by atoms with van der Waals surface area (Å²) in [6, 6.07) is 12.5. The fourth-order valence-electron chi connectivity index (χ4n) is 3.99. The molecule has 2 aliphatic carbocycles. The molecule has 0 radical (unpaired) electrons. The van der Waals surface area contributed by atoms with Crippen LogP contribution in [-0.4, -0.2) is 13.2 Å². The van der Waals surface area contributed by atoms with Crippen molar-refractivity contribution < 1.29 is 9.47 Å². The van der Waals surface area contributed by atoms with Gasteiger partial charge in [-0.05, 0) is 58.4 Å². The van der Waals surface area contributed by atoms with E-state index in [1.807, 2.05) is 24.3 Å². The number of hydrogen-bond acceptors (Lipinski definition) is 2. The zero-order valence-electron chi connectivity index (χ0n) is 16.2. The van der Waals surface area contributed by atoms with Crippen LogP contribution in [0.4, 0.5) is 0 Å². The van der Waals surface area contributed by atoms with Gasteiger partial charge in [-0.3, -0.25) is 0 Å². The zero-order valence-corrected chi connectivity index (χ0v) is 17.7. The van der Waals surface area contributed by atoms with E-state index in [9.17, 15) is 0 Å². The molecule has 2 aliphatic rings. The summed E-state index contributed by atoms with van der Waals surface area (Å²) in [5.74, 6) is 0. The number of halogens is 2. The largest absolute Gasteiger partial charge is 0.368 e. The van der Waals surface area contributed by atoms with Crippen molar-refractivity contribution in [2.75, 3.05) is 13.2 Å². The first-order valence-electron chi connectivity index (χ1n) is 9.89. The van der Waals surface area contributed by atoms with Gasteiger partial charge in [0.25, 0.3) is 0 Å². The fraction of sp³-hybridized carbons (Fsp3) is 0.333. The van der Waals surface area contributed by atoms with Crippen LogP contribution in [0.2, 0.25) is 0 Å². The number of ether oxygens (including phenoxy) is 2. The first-order chi connectivity index (χ1) is 13.7. The van der Waals surface area contributed by atoms with Gasteiger partial charge in [-0.1, -0.05) is 73.4 Å². The highest BCUT2D eigenvalue weighted by Gasteiger charge is 2.32. The molecule has 0 heterocycles. The normalized spacial score (nSPS) is 20.0. The predicted molar refractivity (Wildman–Crippen MR) is 118 cm³/mol. The maximum absolute atomic E-state index is 6.76. The Labute approximate surface area is 176 Å². The molecule has 2 nitrogen and oxygen atoms in total. The second-order valence-electron chi connectivity index (χ2n) is 7.18. The molecule has 0 unspecified atom stereocenters. The molecule has 0 aromatic heterocycles. The van der Waals surface area contributed by atoms with Gasteiger partial charge in [-0.15, -0.1) is 0 Å². The molecular weight excluding hydrogens is 391 g/mol. The second kappa shape index (κ2) is 8.42. The van der Waals surface area contributed by atoms with Crippen molar-refractivity contribution in [3.63, 3.8) is 0 Å². The van der Waals surface area contributed by atoms with Crippen LogP contribution in [0.15, 0.2) is 46.5 Å². The maximum atomic E-state index is 6.76. The Hall–Kier alpha value is -1.58. The van der Waals surface area contributed by atoms with E-state index >= 15 is 0 Å². The average Bonchev–Trinajstić information content (AvgIpc) is 2.89. The minimum Gasteiger partial charge on any atom is -0.368 e. The van der Waals surface area contributed by atoms with Crippen LogP contribution in [-0.2, 0) is 9.47 Å². The smallest absolute Gasteiger partial charge is 0.119 e. The lowest BCUT2D eigenvalue weighted by Crippen LogP contribution is -2.11. The Balaban J connectivity index is 2.01. The van der Waals surface area contributed by atoms with Crippen LogP contribution < -0.4 is 0 Å². The summed E-state index contributed by atoms with van der Waals surface area (Å²) < 4.78 is 12.4. The van der Waals surface area contributed by atoms with E-state index in [-0.39, 0.29) is 12.2 Å². The lowest BCUT2D eigenvalue weighted by Gasteiger charge is -2.24. The predicted octanol–water partition coefficient (Wildman–Crippen LogP) is 7.48. The number of benzene rings is 2. The topological polar surface area (TPSA) is 18.5 Å². The van der Waals surface area contributed by atoms with Crippen LogP contribution in [0.25, 0.3) is 23.3 Å². The molecular formula is C24H24Cl2O2. The SMILES string of the molecule is CCCO[C@H]1C(Cl)=Cc2cccc3c2-c2c1cccc2[C@@H](OCCC)C(Cl)=C3. The van der Waals surface area contributed by atoms with Crippen molar-refractivity contribution >= 4 is 35.4 Å². The summed E-state index contributed by atoms with van der Waals surface area (Å²) in [6.45, 7) is 5.50. The Morgan fingerprint density at radius 1 is 0.714 bits per heavy atom. The average molecular weight is 415 g/mol. The van der Waals surface area contributed by atoms with E-state index in [1.54, 1.807) is 0 Å². The minimum atomic E-state index is -0.291. The standard InChI is InChI=1S/C24H24Cl2O2/c1-3-11-27-23-17-9-6-10-18-22(17)21-15(13-19(23)25)7-5-8-16(21)14-20(26)24(18)28-12-4-2/h5-10,13-14,23-24H,3-4,11-12H2,1-2H3/t23-,24-/m1/s1. The lowest BCUT2D eigenvalue weighted by molar-refractivity contribution is 0.0800. The monoisotopic (exact) mass is 414 g/mol. The summed E-state index contributed by atoms with van der Waals surface area (Å²) in [6.07, 6.45) is 5.34. The molecule has 0 saturated heterocycles. The molecule has 0 bridgehead atoms. The molecule has 0 N–H and O–H groups in total. The van der Waals surface area contributed by atoms with Crippen molar-refractivity contribution in [2.45, 2.75) is 38.9 Å². The molecule has 146 valence electrons. The first-order valence-corrected chi connectivity index (χ1v) is 10.6. The van der Waals surface area contributed by atoms with Crippen LogP contribution >= 0.6 is 23.2 Å². The Kier molecular flexibility index (Phi) is 5.93. The second-order valence-corrected chi connectivity index (χ2v) is 8.06. The molecule has 2 aromatic rings. The van der Waals surface area contributed by atoms with Crippen molar-refractivity contribution in [3.05, 3.63) is 68.7 Å². The van der Waals surface area contributed by atoms with Crippen molar-refractivity contribution in [3.8, 4) is 11.1 Å². The third kappa shape index (κ3) is 3.44. The molecule has 0 saturated carbocycles. The summed E-state index contributed by atoms with van der Waals surface area (Å²) in [4.78, 5) is 0. The van der Waals surface area contributed by atoms with E-state index in [1.165, 1.54) is 0 Å². The molecule has 2 atom stereocenters. The van der Waals surface area contributed by atoms with E-state index in [4.69, 9.17) is 32.7 Å². The summed E-state index contributed by atoms with van der Waals surface area (Å²) in [5.41, 5.74) is 6.58. The lowest BCUT2D eigenvalue weighted by atomic mass is 9.88. The van der Waals surface area contributed by atoms with Gasteiger partial charge < -0.3 is 9.47 Å². The van der Waals surface area contributed by atoms with Gasteiger partial charge >= 0.3 is 0 Å². The third-order valence-corrected chi connectivity index (χ3v) is 5.75. The van der Waals surface area contributed by atoms with Gasteiger partial charge in [0.15, 0.2) is 0 Å². The van der Waals surface area contributed by atoms with Crippen molar-refractivity contribution in [2.24, 2.45) is 0 Å². The summed E-state index contributed by atoms with van der Waals surface area (Å²) >= 11 is 13.5. The third-order valence-electron chi connectivity index (χ3n) is 5.14. The Bertz CT molecular complexity index is 877. The zero-order chi connectivity index (χ0) is 19.7. The van der Waals surface area contributed by atoms with E-state index in [0.29, 0.717) is 23.3 Å². The molecule has 0 amide bonds. The molecule has 0 fully saturated rings. The van der Waals surface area contributed by atoms with E-state index in [0.717, 1.165) is 46.2 Å². The van der Waals surface area contributed by atoms with Gasteiger partial charge in [0.2, 0.25) is 0 Å². The van der Waals surface area contributed by atoms with Crippen LogP contribution in [0.3, 0.4) is 0 Å². The van der Waals surface area contributed by atoms with Crippen molar-refractivity contribution in [1.29, 1.82) is 0 Å². The quantitative estimate of drug-likeness (QED) is 0.487. The highest BCUT2D eigenvalue weighted by atomic mass is 35.5. The van der Waals surface area contributed by atoms with Gasteiger partial charge in [0, 0.05) is 13.2 Å². The highest BCUT2D eigenvalue weighted by Crippen LogP contribution is 2.50.